The number of aliphatic hydroxyl groups excluding tert-OH is 1. The van der Waals surface area contributed by atoms with Gasteiger partial charge in [-0.2, -0.15) is 0 Å². The van der Waals surface area contributed by atoms with Crippen LogP contribution in [0.3, 0.4) is 0 Å². The zero-order valence-corrected chi connectivity index (χ0v) is 5.78. The summed E-state index contributed by atoms with van der Waals surface area (Å²) in [6.45, 7) is 1.97. The van der Waals surface area contributed by atoms with Gasteiger partial charge in [-0.1, -0.05) is 0 Å². The maximum Gasteiger partial charge on any atom is 0.157 e. The summed E-state index contributed by atoms with van der Waals surface area (Å²) in [4.78, 5) is 0. The molecule has 0 aliphatic carbocycles. The molecule has 3 nitrogen and oxygen atoms in total. The van der Waals surface area contributed by atoms with Gasteiger partial charge in [0.15, 0.2) is 5.75 Å². The second kappa shape index (κ2) is 3.27. The Morgan fingerprint density at radius 3 is 3.10 bits per heavy atom. The fourth-order valence-corrected chi connectivity index (χ4v) is 0.551. The van der Waals surface area contributed by atoms with Gasteiger partial charge < -0.3 is 14.3 Å². The molecule has 0 spiro atoms. The Morgan fingerprint density at radius 2 is 2.60 bits per heavy atom. The van der Waals surface area contributed by atoms with Gasteiger partial charge in [0.25, 0.3) is 0 Å². The van der Waals surface area contributed by atoms with Gasteiger partial charge in [-0.3, -0.25) is 0 Å². The zero-order valence-electron chi connectivity index (χ0n) is 5.78. The van der Waals surface area contributed by atoms with Crippen LogP contribution in [0.1, 0.15) is 6.92 Å². The van der Waals surface area contributed by atoms with Gasteiger partial charge in [-0.25, -0.2) is 0 Å². The predicted octanol–water partition coefficient (Wildman–Crippen LogP) is 1.04. The maximum atomic E-state index is 8.80. The quantitative estimate of drug-likeness (QED) is 0.685. The molecular formula is C7H10O3. The van der Waals surface area contributed by atoms with Gasteiger partial charge in [-0.05, 0) is 6.92 Å². The molecule has 1 atom stereocenters. The molecule has 0 saturated carbocycles. The Balaban J connectivity index is 2.28. The Bertz CT molecular complexity index is 167. The van der Waals surface area contributed by atoms with Crippen molar-refractivity contribution in [3.05, 3.63) is 18.6 Å². The summed E-state index contributed by atoms with van der Waals surface area (Å²) in [7, 11) is 0. The molecule has 0 fully saturated rings. The van der Waals surface area contributed by atoms with Gasteiger partial charge in [0, 0.05) is 6.07 Å². The van der Waals surface area contributed by atoms with E-state index in [1.165, 1.54) is 12.5 Å². The molecule has 0 aromatic carbocycles. The third-order valence-electron chi connectivity index (χ3n) is 0.986. The van der Waals surface area contributed by atoms with Crippen molar-refractivity contribution in [1.29, 1.82) is 0 Å². The molecular weight excluding hydrogens is 132 g/mol. The van der Waals surface area contributed by atoms with Crippen LogP contribution in [0.25, 0.3) is 0 Å². The van der Waals surface area contributed by atoms with Gasteiger partial charge in [0.1, 0.15) is 12.9 Å². The number of rotatable bonds is 3. The van der Waals surface area contributed by atoms with Crippen LogP contribution < -0.4 is 4.74 Å². The van der Waals surface area contributed by atoms with E-state index in [4.69, 9.17) is 14.3 Å². The monoisotopic (exact) mass is 142 g/mol. The standard InChI is InChI=1S/C7H10O3/c1-6(8)4-10-7-2-3-9-5-7/h2-3,5-6,8H,4H2,1H3. The zero-order chi connectivity index (χ0) is 7.40. The normalized spacial score (nSPS) is 13.0. The maximum absolute atomic E-state index is 8.80. The van der Waals surface area contributed by atoms with Crippen LogP contribution in [0.5, 0.6) is 5.75 Å². The number of hydrogen-bond donors (Lipinski definition) is 1. The molecule has 0 saturated heterocycles. The highest BCUT2D eigenvalue weighted by Gasteiger charge is 1.97. The van der Waals surface area contributed by atoms with Crippen molar-refractivity contribution >= 4 is 0 Å². The van der Waals surface area contributed by atoms with Crippen molar-refractivity contribution in [2.75, 3.05) is 6.61 Å². The van der Waals surface area contributed by atoms with Gasteiger partial charge in [-0.15, -0.1) is 0 Å². The summed E-state index contributed by atoms with van der Waals surface area (Å²) >= 11 is 0. The SMILES string of the molecule is CC(O)COc1ccoc1. The first-order valence-corrected chi connectivity index (χ1v) is 3.12. The van der Waals surface area contributed by atoms with Crippen molar-refractivity contribution in [2.24, 2.45) is 0 Å². The van der Waals surface area contributed by atoms with Crippen LogP contribution >= 0.6 is 0 Å². The second-order valence-electron chi connectivity index (χ2n) is 2.12. The van der Waals surface area contributed by atoms with E-state index in [2.05, 4.69) is 0 Å². The molecule has 1 aromatic rings. The van der Waals surface area contributed by atoms with E-state index < -0.39 is 6.10 Å². The highest BCUT2D eigenvalue weighted by Crippen LogP contribution is 2.09. The summed E-state index contributed by atoms with van der Waals surface area (Å²) in [5.41, 5.74) is 0. The molecule has 1 N–H and O–H groups in total. The minimum atomic E-state index is -0.435. The predicted molar refractivity (Wildman–Crippen MR) is 35.9 cm³/mol. The Kier molecular flexibility index (Phi) is 2.34. The fraction of sp³-hybridized carbons (Fsp3) is 0.429. The summed E-state index contributed by atoms with van der Waals surface area (Å²) in [5, 5.41) is 8.80. The van der Waals surface area contributed by atoms with E-state index in [9.17, 15) is 0 Å². The molecule has 0 radical (unpaired) electrons. The van der Waals surface area contributed by atoms with Crippen LogP contribution in [0.4, 0.5) is 0 Å². The van der Waals surface area contributed by atoms with Gasteiger partial charge in [0.05, 0.1) is 12.4 Å². The molecule has 1 rings (SSSR count). The Morgan fingerprint density at radius 1 is 1.80 bits per heavy atom. The first-order chi connectivity index (χ1) is 4.79. The van der Waals surface area contributed by atoms with Crippen LogP contribution in [0.15, 0.2) is 23.0 Å². The van der Waals surface area contributed by atoms with E-state index in [-0.39, 0.29) is 0 Å². The van der Waals surface area contributed by atoms with E-state index >= 15 is 0 Å². The highest BCUT2D eigenvalue weighted by molar-refractivity contribution is 5.12. The lowest BCUT2D eigenvalue weighted by molar-refractivity contribution is 0.122. The van der Waals surface area contributed by atoms with Crippen LogP contribution in [0.2, 0.25) is 0 Å². The molecule has 0 aliphatic rings. The molecule has 56 valence electrons. The van der Waals surface area contributed by atoms with Crippen molar-refractivity contribution < 1.29 is 14.3 Å². The average Bonchev–Trinajstić information content (AvgIpc) is 2.34. The number of furan rings is 1. The smallest absolute Gasteiger partial charge is 0.157 e. The van der Waals surface area contributed by atoms with Crippen molar-refractivity contribution in [2.45, 2.75) is 13.0 Å². The van der Waals surface area contributed by atoms with Crippen LogP contribution in [0, 0.1) is 0 Å². The topological polar surface area (TPSA) is 42.6 Å². The molecule has 10 heavy (non-hydrogen) atoms. The second-order valence-corrected chi connectivity index (χ2v) is 2.12. The molecule has 0 bridgehead atoms. The summed E-state index contributed by atoms with van der Waals surface area (Å²) < 4.78 is 9.80. The third kappa shape index (κ3) is 2.11. The molecule has 0 aliphatic heterocycles. The third-order valence-corrected chi connectivity index (χ3v) is 0.986. The molecule has 1 aromatic heterocycles. The lowest BCUT2D eigenvalue weighted by Gasteiger charge is -2.03. The number of hydrogen-bond acceptors (Lipinski definition) is 3. The lowest BCUT2D eigenvalue weighted by Crippen LogP contribution is -2.12. The number of aliphatic hydroxyl groups is 1. The van der Waals surface area contributed by atoms with E-state index in [1.807, 2.05) is 0 Å². The average molecular weight is 142 g/mol. The van der Waals surface area contributed by atoms with Crippen molar-refractivity contribution in [3.8, 4) is 5.75 Å². The minimum Gasteiger partial charge on any atom is -0.488 e. The lowest BCUT2D eigenvalue weighted by atomic mass is 10.4. The van der Waals surface area contributed by atoms with Crippen molar-refractivity contribution in [3.63, 3.8) is 0 Å². The summed E-state index contributed by atoms with van der Waals surface area (Å²) in [5.74, 6) is 0.654. The highest BCUT2D eigenvalue weighted by atomic mass is 16.5. The van der Waals surface area contributed by atoms with Gasteiger partial charge in [0.2, 0.25) is 0 Å². The largest absolute Gasteiger partial charge is 0.488 e. The molecule has 3 heteroatoms. The summed E-state index contributed by atoms with van der Waals surface area (Å²) in [6.07, 6.45) is 2.58. The first kappa shape index (κ1) is 7.15. The van der Waals surface area contributed by atoms with Crippen LogP contribution in [-0.4, -0.2) is 17.8 Å². The molecule has 0 amide bonds. The van der Waals surface area contributed by atoms with E-state index in [0.717, 1.165) is 0 Å². The fourth-order valence-electron chi connectivity index (χ4n) is 0.551. The summed E-state index contributed by atoms with van der Waals surface area (Å²) in [6, 6.07) is 1.70. The van der Waals surface area contributed by atoms with E-state index in [1.54, 1.807) is 13.0 Å². The minimum absolute atomic E-state index is 0.305. The van der Waals surface area contributed by atoms with Crippen LogP contribution in [-0.2, 0) is 0 Å². The van der Waals surface area contributed by atoms with Crippen molar-refractivity contribution in [1.82, 2.24) is 0 Å². The van der Waals surface area contributed by atoms with Gasteiger partial charge >= 0.3 is 0 Å². The Labute approximate surface area is 59.2 Å². The number of ether oxygens (including phenoxy) is 1. The molecule has 1 heterocycles. The molecule has 1 unspecified atom stereocenters. The Hall–Kier alpha value is -0.960. The first-order valence-electron chi connectivity index (χ1n) is 3.12. The van der Waals surface area contributed by atoms with E-state index in [0.29, 0.717) is 12.4 Å².